The molecular weight excluding hydrogens is 281 g/mol. The Hall–Kier alpha value is -2.37. The number of benzene rings is 1. The molecule has 0 unspecified atom stereocenters. The number of nitrogens with one attached hydrogen (secondary N) is 1. The molecule has 0 fully saturated rings. The number of nitrogens with zero attached hydrogens (tertiary/aromatic N) is 3. The first-order valence-corrected chi connectivity index (χ1v) is 7.41. The zero-order valence-corrected chi connectivity index (χ0v) is 13.0. The average Bonchev–Trinajstić information content (AvgIpc) is 2.53. The van der Waals surface area contributed by atoms with E-state index >= 15 is 0 Å². The van der Waals surface area contributed by atoms with Gasteiger partial charge in [-0.2, -0.15) is 0 Å². The minimum atomic E-state index is -0.245. The molecule has 22 heavy (non-hydrogen) atoms. The molecule has 0 saturated carbocycles. The van der Waals surface area contributed by atoms with Crippen molar-refractivity contribution < 1.29 is 4.39 Å². The molecule has 118 valence electrons. The minimum absolute atomic E-state index is 0.245. The summed E-state index contributed by atoms with van der Waals surface area (Å²) < 4.78 is 12.9. The quantitative estimate of drug-likeness (QED) is 0.823. The molecular formula is C16H22FN5. The van der Waals surface area contributed by atoms with Crippen LogP contribution >= 0.6 is 0 Å². The molecule has 1 heterocycles. The molecule has 0 spiro atoms. The number of aromatic nitrogens is 2. The number of anilines is 3. The Bertz CT molecular complexity index is 600. The number of halogens is 1. The highest BCUT2D eigenvalue weighted by molar-refractivity contribution is 5.74. The summed E-state index contributed by atoms with van der Waals surface area (Å²) in [7, 11) is 1.97. The summed E-state index contributed by atoms with van der Waals surface area (Å²) in [5.41, 5.74) is 7.64. The second-order valence-corrected chi connectivity index (χ2v) is 5.21. The van der Waals surface area contributed by atoms with Crippen LogP contribution in [0.25, 0.3) is 0 Å². The third kappa shape index (κ3) is 4.07. The van der Waals surface area contributed by atoms with Crippen molar-refractivity contribution in [2.24, 2.45) is 0 Å². The highest BCUT2D eigenvalue weighted by Gasteiger charge is 2.11. The van der Waals surface area contributed by atoms with E-state index in [4.69, 9.17) is 5.73 Å². The first kappa shape index (κ1) is 16.0. The van der Waals surface area contributed by atoms with Crippen LogP contribution in [0, 0.1) is 5.82 Å². The van der Waals surface area contributed by atoms with Crippen LogP contribution in [-0.4, -0.2) is 23.6 Å². The molecule has 2 aromatic rings. The number of hydrogen-bond acceptors (Lipinski definition) is 5. The zero-order valence-electron chi connectivity index (χ0n) is 13.0. The molecule has 0 atom stereocenters. The lowest BCUT2D eigenvalue weighted by molar-refractivity contribution is 0.627. The molecule has 1 aromatic heterocycles. The van der Waals surface area contributed by atoms with E-state index in [1.54, 1.807) is 12.1 Å². The van der Waals surface area contributed by atoms with E-state index in [2.05, 4.69) is 22.2 Å². The Morgan fingerprint density at radius 3 is 2.64 bits per heavy atom. The maximum atomic E-state index is 12.9. The van der Waals surface area contributed by atoms with Crippen molar-refractivity contribution in [1.82, 2.24) is 9.97 Å². The number of nitrogen functional groups attached to an aromatic ring is 1. The van der Waals surface area contributed by atoms with Crippen LogP contribution in [0.1, 0.15) is 25.3 Å². The minimum Gasteiger partial charge on any atom is -0.393 e. The third-order valence-electron chi connectivity index (χ3n) is 3.44. The van der Waals surface area contributed by atoms with E-state index in [-0.39, 0.29) is 5.82 Å². The predicted molar refractivity (Wildman–Crippen MR) is 88.3 cm³/mol. The van der Waals surface area contributed by atoms with Gasteiger partial charge >= 0.3 is 0 Å². The lowest BCUT2D eigenvalue weighted by atomic mass is 10.2. The van der Waals surface area contributed by atoms with Gasteiger partial charge < -0.3 is 16.0 Å². The van der Waals surface area contributed by atoms with Gasteiger partial charge in [0.25, 0.3) is 0 Å². The van der Waals surface area contributed by atoms with E-state index < -0.39 is 0 Å². The molecule has 0 aliphatic heterocycles. The molecule has 0 aliphatic rings. The predicted octanol–water partition coefficient (Wildman–Crippen LogP) is 3.05. The van der Waals surface area contributed by atoms with Crippen LogP contribution < -0.4 is 16.0 Å². The molecule has 2 rings (SSSR count). The molecule has 0 aliphatic carbocycles. The summed E-state index contributed by atoms with van der Waals surface area (Å²) in [5.74, 6) is 1.08. The van der Waals surface area contributed by atoms with Gasteiger partial charge in [-0.3, -0.25) is 0 Å². The molecule has 3 N–H and O–H groups in total. The Morgan fingerprint density at radius 1 is 1.23 bits per heavy atom. The Morgan fingerprint density at radius 2 is 1.95 bits per heavy atom. The SMILES string of the molecule is CCCCN(C)c1ncnc(NCc2ccc(F)cc2)c1N. The molecule has 0 bridgehead atoms. The second kappa shape index (κ2) is 7.59. The fourth-order valence-electron chi connectivity index (χ4n) is 2.12. The van der Waals surface area contributed by atoms with E-state index in [0.717, 1.165) is 30.8 Å². The molecule has 6 heteroatoms. The van der Waals surface area contributed by atoms with Gasteiger partial charge in [0.05, 0.1) is 0 Å². The summed E-state index contributed by atoms with van der Waals surface area (Å²) in [6.07, 6.45) is 3.70. The first-order chi connectivity index (χ1) is 10.6. The zero-order chi connectivity index (χ0) is 15.9. The molecule has 1 aromatic carbocycles. The van der Waals surface area contributed by atoms with Crippen LogP contribution in [0.5, 0.6) is 0 Å². The third-order valence-corrected chi connectivity index (χ3v) is 3.44. The van der Waals surface area contributed by atoms with E-state index in [1.807, 2.05) is 11.9 Å². The summed E-state index contributed by atoms with van der Waals surface area (Å²) in [4.78, 5) is 10.5. The second-order valence-electron chi connectivity index (χ2n) is 5.21. The van der Waals surface area contributed by atoms with Crippen LogP contribution in [-0.2, 0) is 6.54 Å². The Labute approximate surface area is 130 Å². The molecule has 0 radical (unpaired) electrons. The number of nitrogens with two attached hydrogens (primary N) is 1. The fraction of sp³-hybridized carbons (Fsp3) is 0.375. The number of rotatable bonds is 7. The van der Waals surface area contributed by atoms with Gasteiger partial charge in [-0.05, 0) is 24.1 Å². The summed E-state index contributed by atoms with van der Waals surface area (Å²) >= 11 is 0. The molecule has 5 nitrogen and oxygen atoms in total. The van der Waals surface area contributed by atoms with Crippen molar-refractivity contribution >= 4 is 17.3 Å². The Kier molecular flexibility index (Phi) is 5.52. The summed E-state index contributed by atoms with van der Waals surface area (Å²) in [6.45, 7) is 3.57. The molecule has 0 saturated heterocycles. The Balaban J connectivity index is 2.06. The van der Waals surface area contributed by atoms with Crippen LogP contribution in [0.2, 0.25) is 0 Å². The highest BCUT2D eigenvalue weighted by atomic mass is 19.1. The van der Waals surface area contributed by atoms with Crippen molar-refractivity contribution in [2.75, 3.05) is 29.5 Å². The van der Waals surface area contributed by atoms with E-state index in [9.17, 15) is 4.39 Å². The van der Waals surface area contributed by atoms with Gasteiger partial charge in [0.2, 0.25) is 0 Å². The smallest absolute Gasteiger partial charge is 0.157 e. The van der Waals surface area contributed by atoms with Gasteiger partial charge in [-0.1, -0.05) is 25.5 Å². The van der Waals surface area contributed by atoms with Gasteiger partial charge in [0.15, 0.2) is 11.6 Å². The van der Waals surface area contributed by atoms with Gasteiger partial charge in [-0.15, -0.1) is 0 Å². The monoisotopic (exact) mass is 303 g/mol. The van der Waals surface area contributed by atoms with Crippen molar-refractivity contribution in [1.29, 1.82) is 0 Å². The van der Waals surface area contributed by atoms with Crippen molar-refractivity contribution in [3.63, 3.8) is 0 Å². The normalized spacial score (nSPS) is 10.5. The fourth-order valence-corrected chi connectivity index (χ4v) is 2.12. The number of hydrogen-bond donors (Lipinski definition) is 2. The van der Waals surface area contributed by atoms with Crippen LogP contribution in [0.4, 0.5) is 21.7 Å². The molecule has 0 amide bonds. The van der Waals surface area contributed by atoms with E-state index in [1.165, 1.54) is 18.5 Å². The maximum Gasteiger partial charge on any atom is 0.157 e. The van der Waals surface area contributed by atoms with Crippen LogP contribution in [0.3, 0.4) is 0 Å². The van der Waals surface area contributed by atoms with Crippen molar-refractivity contribution in [2.45, 2.75) is 26.3 Å². The topological polar surface area (TPSA) is 67.1 Å². The van der Waals surface area contributed by atoms with Gasteiger partial charge in [0.1, 0.15) is 17.8 Å². The average molecular weight is 303 g/mol. The van der Waals surface area contributed by atoms with E-state index in [0.29, 0.717) is 18.1 Å². The summed E-state index contributed by atoms with van der Waals surface area (Å²) in [6, 6.07) is 6.33. The largest absolute Gasteiger partial charge is 0.393 e. The maximum absolute atomic E-state index is 12.9. The first-order valence-electron chi connectivity index (χ1n) is 7.41. The van der Waals surface area contributed by atoms with Gasteiger partial charge in [-0.25, -0.2) is 14.4 Å². The van der Waals surface area contributed by atoms with Crippen molar-refractivity contribution in [3.8, 4) is 0 Å². The van der Waals surface area contributed by atoms with Crippen LogP contribution in [0.15, 0.2) is 30.6 Å². The number of unbranched alkanes of at least 4 members (excludes halogenated alkanes) is 1. The highest BCUT2D eigenvalue weighted by Crippen LogP contribution is 2.25. The van der Waals surface area contributed by atoms with Crippen molar-refractivity contribution in [3.05, 3.63) is 42.0 Å². The standard InChI is InChI=1S/C16H22FN5/c1-3-4-9-22(2)16-14(18)15(20-11-21-16)19-10-12-5-7-13(17)8-6-12/h5-8,11H,3-4,9-10,18H2,1-2H3,(H,19,20,21). The lowest BCUT2D eigenvalue weighted by Gasteiger charge is -2.20. The van der Waals surface area contributed by atoms with Gasteiger partial charge in [0, 0.05) is 20.1 Å². The lowest BCUT2D eigenvalue weighted by Crippen LogP contribution is -2.21. The summed E-state index contributed by atoms with van der Waals surface area (Å²) in [5, 5.41) is 3.17.